The van der Waals surface area contributed by atoms with Gasteiger partial charge in [-0.2, -0.15) is 4.98 Å². The monoisotopic (exact) mass is 367 g/mol. The van der Waals surface area contributed by atoms with Gasteiger partial charge in [0.2, 0.25) is 0 Å². The number of nitrogens with zero attached hydrogens (tertiary/aromatic N) is 2. The van der Waals surface area contributed by atoms with E-state index in [1.165, 1.54) is 12.1 Å². The third kappa shape index (κ3) is 3.12. The predicted molar refractivity (Wildman–Crippen MR) is 100 cm³/mol. The molecule has 7 heteroatoms. The van der Waals surface area contributed by atoms with Crippen LogP contribution in [0.3, 0.4) is 0 Å². The van der Waals surface area contributed by atoms with Crippen LogP contribution in [0.25, 0.3) is 11.3 Å². The van der Waals surface area contributed by atoms with Gasteiger partial charge in [-0.05, 0) is 42.3 Å². The van der Waals surface area contributed by atoms with Crippen LogP contribution < -0.4 is 20.5 Å². The summed E-state index contributed by atoms with van der Waals surface area (Å²) in [6, 6.07) is 11.6. The number of aryl methyl sites for hydroxylation is 1. The molecule has 1 aromatic heterocycles. The first-order valence-electron chi connectivity index (χ1n) is 8.49. The first kappa shape index (κ1) is 17.1. The Hall–Kier alpha value is -3.35. The molecular weight excluding hydrogens is 349 g/mol. The van der Waals surface area contributed by atoms with Crippen molar-refractivity contribution >= 4 is 11.5 Å². The SMILES string of the molecule is COc1cc2c(cc1OC)-c1cc(Nc3cccc(F)c3)nc(=O)n1CC2. The molecule has 0 fully saturated rings. The maximum absolute atomic E-state index is 13.4. The van der Waals surface area contributed by atoms with Gasteiger partial charge in [-0.15, -0.1) is 0 Å². The van der Waals surface area contributed by atoms with Gasteiger partial charge in [0, 0.05) is 23.9 Å². The van der Waals surface area contributed by atoms with Crippen molar-refractivity contribution < 1.29 is 13.9 Å². The lowest BCUT2D eigenvalue weighted by Gasteiger charge is -2.23. The number of fused-ring (bicyclic) bond motifs is 3. The Morgan fingerprint density at radius 2 is 1.89 bits per heavy atom. The average Bonchev–Trinajstić information content (AvgIpc) is 2.66. The van der Waals surface area contributed by atoms with Crippen molar-refractivity contribution in [1.82, 2.24) is 9.55 Å². The van der Waals surface area contributed by atoms with Crippen LogP contribution in [0.5, 0.6) is 11.5 Å². The first-order chi connectivity index (χ1) is 13.1. The van der Waals surface area contributed by atoms with Crippen LogP contribution in [0, 0.1) is 5.82 Å². The highest BCUT2D eigenvalue weighted by atomic mass is 19.1. The van der Waals surface area contributed by atoms with Crippen molar-refractivity contribution in [2.24, 2.45) is 0 Å². The number of hydrogen-bond acceptors (Lipinski definition) is 5. The van der Waals surface area contributed by atoms with Crippen molar-refractivity contribution in [2.75, 3.05) is 19.5 Å². The molecule has 0 saturated carbocycles. The van der Waals surface area contributed by atoms with Crippen LogP contribution in [0.2, 0.25) is 0 Å². The number of ether oxygens (including phenoxy) is 2. The van der Waals surface area contributed by atoms with E-state index in [1.807, 2.05) is 12.1 Å². The van der Waals surface area contributed by atoms with Crippen LogP contribution in [-0.2, 0) is 13.0 Å². The zero-order valence-corrected chi connectivity index (χ0v) is 15.0. The van der Waals surface area contributed by atoms with E-state index >= 15 is 0 Å². The molecule has 0 atom stereocenters. The summed E-state index contributed by atoms with van der Waals surface area (Å²) in [6.07, 6.45) is 0.695. The zero-order chi connectivity index (χ0) is 19.0. The number of aromatic nitrogens is 2. The minimum absolute atomic E-state index is 0.355. The molecule has 0 radical (unpaired) electrons. The van der Waals surface area contributed by atoms with E-state index in [4.69, 9.17) is 9.47 Å². The predicted octanol–water partition coefficient (Wildman–Crippen LogP) is 3.37. The lowest BCUT2D eigenvalue weighted by molar-refractivity contribution is 0.354. The van der Waals surface area contributed by atoms with Crippen LogP contribution in [0.1, 0.15) is 5.56 Å². The van der Waals surface area contributed by atoms with E-state index in [1.54, 1.807) is 37.0 Å². The van der Waals surface area contributed by atoms with Gasteiger partial charge in [0.25, 0.3) is 0 Å². The molecule has 27 heavy (non-hydrogen) atoms. The lowest BCUT2D eigenvalue weighted by Crippen LogP contribution is -2.28. The molecule has 0 saturated heterocycles. The summed E-state index contributed by atoms with van der Waals surface area (Å²) in [4.78, 5) is 16.6. The minimum Gasteiger partial charge on any atom is -0.493 e. The van der Waals surface area contributed by atoms with Crippen molar-refractivity contribution in [3.05, 3.63) is 64.3 Å². The van der Waals surface area contributed by atoms with Gasteiger partial charge >= 0.3 is 5.69 Å². The highest BCUT2D eigenvalue weighted by Gasteiger charge is 2.21. The second-order valence-corrected chi connectivity index (χ2v) is 6.21. The summed E-state index contributed by atoms with van der Waals surface area (Å²) < 4.78 is 25.8. The Kier molecular flexibility index (Phi) is 4.27. The Bertz CT molecular complexity index is 1080. The summed E-state index contributed by atoms with van der Waals surface area (Å²) in [5.41, 5.74) is 2.86. The van der Waals surface area contributed by atoms with E-state index in [9.17, 15) is 9.18 Å². The molecule has 2 heterocycles. The quantitative estimate of drug-likeness (QED) is 0.766. The maximum atomic E-state index is 13.4. The summed E-state index contributed by atoms with van der Waals surface area (Å²) in [5, 5.41) is 3.00. The summed E-state index contributed by atoms with van der Waals surface area (Å²) in [7, 11) is 3.17. The van der Waals surface area contributed by atoms with Crippen LogP contribution in [0.15, 0.2) is 47.3 Å². The number of rotatable bonds is 4. The van der Waals surface area contributed by atoms with E-state index in [0.717, 1.165) is 16.8 Å². The average molecular weight is 367 g/mol. The number of hydrogen-bond donors (Lipinski definition) is 1. The van der Waals surface area contributed by atoms with Gasteiger partial charge in [-0.1, -0.05) is 6.07 Å². The molecule has 1 aliphatic rings. The Morgan fingerprint density at radius 1 is 1.11 bits per heavy atom. The van der Waals surface area contributed by atoms with Crippen LogP contribution in [-0.4, -0.2) is 23.8 Å². The normalized spacial score (nSPS) is 12.1. The fraction of sp³-hybridized carbons (Fsp3) is 0.200. The summed E-state index contributed by atoms with van der Waals surface area (Å²) in [6.45, 7) is 0.532. The molecule has 138 valence electrons. The molecule has 1 aliphatic heterocycles. The molecule has 0 amide bonds. The minimum atomic E-state index is -0.364. The molecule has 2 aromatic carbocycles. The standard InChI is InChI=1S/C20H18FN3O3/c1-26-17-8-12-6-7-24-16(15(12)10-18(17)27-2)11-19(23-20(24)25)22-14-5-3-4-13(21)9-14/h3-5,8-11H,6-7H2,1-2H3,(H,22,23,25). The Labute approximate surface area is 155 Å². The van der Waals surface area contributed by atoms with Gasteiger partial charge in [0.05, 0.1) is 19.9 Å². The fourth-order valence-electron chi connectivity index (χ4n) is 3.32. The van der Waals surface area contributed by atoms with Crippen molar-refractivity contribution in [1.29, 1.82) is 0 Å². The van der Waals surface area contributed by atoms with Gasteiger partial charge in [0.1, 0.15) is 11.6 Å². The van der Waals surface area contributed by atoms with Crippen LogP contribution >= 0.6 is 0 Å². The second-order valence-electron chi connectivity index (χ2n) is 6.21. The van der Waals surface area contributed by atoms with Gasteiger partial charge in [-0.3, -0.25) is 4.57 Å². The second kappa shape index (κ2) is 6.75. The Balaban J connectivity index is 1.82. The lowest BCUT2D eigenvalue weighted by atomic mass is 9.97. The van der Waals surface area contributed by atoms with E-state index in [2.05, 4.69) is 10.3 Å². The molecule has 0 unspecified atom stereocenters. The van der Waals surface area contributed by atoms with Gasteiger partial charge < -0.3 is 14.8 Å². The number of halogens is 1. The molecule has 1 N–H and O–H groups in total. The van der Waals surface area contributed by atoms with E-state index in [-0.39, 0.29) is 11.5 Å². The third-order valence-corrected chi connectivity index (χ3v) is 4.60. The van der Waals surface area contributed by atoms with Crippen molar-refractivity contribution in [2.45, 2.75) is 13.0 Å². The van der Waals surface area contributed by atoms with E-state index in [0.29, 0.717) is 36.0 Å². The first-order valence-corrected chi connectivity index (χ1v) is 8.49. The molecule has 0 bridgehead atoms. The highest BCUT2D eigenvalue weighted by Crippen LogP contribution is 2.38. The number of methoxy groups -OCH3 is 2. The zero-order valence-electron chi connectivity index (χ0n) is 15.0. The number of benzene rings is 2. The van der Waals surface area contributed by atoms with E-state index < -0.39 is 0 Å². The maximum Gasteiger partial charge on any atom is 0.350 e. The molecule has 3 aromatic rings. The van der Waals surface area contributed by atoms with Gasteiger partial charge in [0.15, 0.2) is 11.5 Å². The summed E-state index contributed by atoms with van der Waals surface area (Å²) in [5.74, 6) is 1.24. The number of anilines is 2. The molecular formula is C20H18FN3O3. The third-order valence-electron chi connectivity index (χ3n) is 4.60. The smallest absolute Gasteiger partial charge is 0.350 e. The topological polar surface area (TPSA) is 65.4 Å². The Morgan fingerprint density at radius 3 is 2.63 bits per heavy atom. The van der Waals surface area contributed by atoms with Gasteiger partial charge in [-0.25, -0.2) is 9.18 Å². The number of nitrogens with one attached hydrogen (secondary N) is 1. The van der Waals surface area contributed by atoms with Crippen LogP contribution in [0.4, 0.5) is 15.9 Å². The summed E-state index contributed by atoms with van der Waals surface area (Å²) >= 11 is 0. The fourth-order valence-corrected chi connectivity index (χ4v) is 3.32. The molecule has 0 spiro atoms. The highest BCUT2D eigenvalue weighted by molar-refractivity contribution is 5.72. The van der Waals surface area contributed by atoms with Crippen molar-refractivity contribution in [3.8, 4) is 22.8 Å². The molecule has 4 rings (SSSR count). The molecule has 0 aliphatic carbocycles. The molecule has 6 nitrogen and oxygen atoms in total. The van der Waals surface area contributed by atoms with Crippen molar-refractivity contribution in [3.63, 3.8) is 0 Å². The largest absolute Gasteiger partial charge is 0.493 e.